The van der Waals surface area contributed by atoms with Crippen molar-refractivity contribution in [1.82, 2.24) is 0 Å². The molecule has 0 spiro atoms. The van der Waals surface area contributed by atoms with Gasteiger partial charge in [0.15, 0.2) is 0 Å². The van der Waals surface area contributed by atoms with Crippen LogP contribution in [0.15, 0.2) is 85.0 Å². The van der Waals surface area contributed by atoms with Gasteiger partial charge in [-0.3, -0.25) is 4.79 Å². The van der Waals surface area contributed by atoms with Crippen molar-refractivity contribution in [2.24, 2.45) is 17.8 Å². The Kier molecular flexibility index (Phi) is 13.2. The summed E-state index contributed by atoms with van der Waals surface area (Å²) in [4.78, 5) is 11.8. The van der Waals surface area contributed by atoms with Crippen molar-refractivity contribution in [3.05, 3.63) is 96.1 Å². The molecule has 5 nitrogen and oxygen atoms in total. The van der Waals surface area contributed by atoms with Crippen LogP contribution in [0.5, 0.6) is 0 Å². The lowest BCUT2D eigenvalue weighted by molar-refractivity contribution is -0.141. The number of carbonyl (C=O) groups is 1. The number of aliphatic carboxylic acids is 1. The Morgan fingerprint density at radius 3 is 2.37 bits per heavy atom. The first-order chi connectivity index (χ1) is 19.7. The molecule has 0 radical (unpaired) electrons. The van der Waals surface area contributed by atoms with Gasteiger partial charge in [0.1, 0.15) is 6.10 Å². The van der Waals surface area contributed by atoms with Crippen molar-refractivity contribution >= 4 is 5.97 Å². The number of ether oxygens (including phenoxy) is 1. The van der Waals surface area contributed by atoms with Gasteiger partial charge in [-0.05, 0) is 49.1 Å². The molecular formula is C34H44F2O5. The number of benzene rings is 2. The van der Waals surface area contributed by atoms with Crippen LogP contribution >= 0.6 is 0 Å². The van der Waals surface area contributed by atoms with E-state index in [2.05, 4.69) is 0 Å². The molecule has 2 aromatic rings. The van der Waals surface area contributed by atoms with Crippen molar-refractivity contribution in [3.63, 3.8) is 0 Å². The molecule has 6 atom stereocenters. The lowest BCUT2D eigenvalue weighted by Crippen LogP contribution is -2.32. The zero-order valence-corrected chi connectivity index (χ0v) is 23.8. The number of hydrogen-bond acceptors (Lipinski definition) is 4. The molecule has 41 heavy (non-hydrogen) atoms. The molecular weight excluding hydrogens is 526 g/mol. The van der Waals surface area contributed by atoms with Crippen molar-refractivity contribution in [1.29, 1.82) is 0 Å². The first kappa shape index (κ1) is 32.6. The molecule has 7 heteroatoms. The number of allylic oxidation sites excluding steroid dienone is 2. The Labute approximate surface area is 242 Å². The maximum absolute atomic E-state index is 14.4. The smallest absolute Gasteiger partial charge is 0.306 e. The maximum atomic E-state index is 14.4. The Morgan fingerprint density at radius 1 is 1.07 bits per heavy atom. The fourth-order valence-electron chi connectivity index (χ4n) is 5.45. The van der Waals surface area contributed by atoms with E-state index in [4.69, 9.17) is 4.74 Å². The molecule has 0 heterocycles. The number of alkyl halides is 2. The molecule has 1 fully saturated rings. The van der Waals surface area contributed by atoms with Crippen LogP contribution in [0.25, 0.3) is 0 Å². The fraction of sp³-hybridized carbons (Fsp3) is 0.500. The molecule has 0 aliphatic heterocycles. The van der Waals surface area contributed by atoms with Crippen LogP contribution in [0.3, 0.4) is 0 Å². The average molecular weight is 571 g/mol. The third kappa shape index (κ3) is 10.5. The van der Waals surface area contributed by atoms with Crippen molar-refractivity contribution in [3.8, 4) is 0 Å². The molecule has 1 saturated carbocycles. The maximum Gasteiger partial charge on any atom is 0.306 e. The molecule has 224 valence electrons. The fourth-order valence-corrected chi connectivity index (χ4v) is 5.45. The van der Waals surface area contributed by atoms with Gasteiger partial charge in [-0.15, -0.1) is 0 Å². The molecule has 0 amide bonds. The van der Waals surface area contributed by atoms with Crippen molar-refractivity contribution in [2.45, 2.75) is 89.1 Å². The zero-order valence-electron chi connectivity index (χ0n) is 23.8. The standard InChI is InChI=1S/C34H44F2O5/c1-2-3-21-34(35,36)32(38)20-19-29-28(30(37)23-31(29)41-24-26-15-9-5-10-16-26)18-12-6-11-17-27(33(39)40)22-25-13-7-4-8-14-25/h4-10,12-16,19-20,27-32,37-38H,2-3,11,17-18,21-24H2,1H3,(H,39,40)/b12-6-,20-19+/t27?,28-,29-,30+,31-,32?/m1/s1. The highest BCUT2D eigenvalue weighted by Gasteiger charge is 2.42. The minimum Gasteiger partial charge on any atom is -0.481 e. The molecule has 3 rings (SSSR count). The molecule has 2 unspecified atom stereocenters. The predicted octanol–water partition coefficient (Wildman–Crippen LogP) is 6.98. The number of rotatable bonds is 17. The quantitative estimate of drug-likeness (QED) is 0.179. The van der Waals surface area contributed by atoms with Crippen LogP contribution in [0.4, 0.5) is 8.78 Å². The van der Waals surface area contributed by atoms with Gasteiger partial charge in [0, 0.05) is 18.8 Å². The van der Waals surface area contributed by atoms with E-state index in [1.54, 1.807) is 6.08 Å². The molecule has 0 bridgehead atoms. The van der Waals surface area contributed by atoms with Crippen LogP contribution in [-0.2, 0) is 22.6 Å². The van der Waals surface area contributed by atoms with Gasteiger partial charge in [-0.25, -0.2) is 8.78 Å². The lowest BCUT2D eigenvalue weighted by Gasteiger charge is -2.24. The topological polar surface area (TPSA) is 87.0 Å². The monoisotopic (exact) mass is 570 g/mol. The first-order valence-corrected chi connectivity index (χ1v) is 14.7. The summed E-state index contributed by atoms with van der Waals surface area (Å²) in [5, 5.41) is 30.8. The third-order valence-electron chi connectivity index (χ3n) is 7.94. The van der Waals surface area contributed by atoms with Gasteiger partial charge >= 0.3 is 5.97 Å². The molecule has 1 aliphatic carbocycles. The van der Waals surface area contributed by atoms with Crippen LogP contribution in [0.1, 0.15) is 63.0 Å². The van der Waals surface area contributed by atoms with Crippen LogP contribution in [0.2, 0.25) is 0 Å². The Hall–Kier alpha value is -2.87. The van der Waals surface area contributed by atoms with E-state index in [1.807, 2.05) is 79.7 Å². The number of aliphatic hydroxyl groups excluding tert-OH is 2. The highest BCUT2D eigenvalue weighted by molar-refractivity contribution is 5.70. The zero-order chi connectivity index (χ0) is 29.7. The van der Waals surface area contributed by atoms with Crippen LogP contribution in [0, 0.1) is 17.8 Å². The lowest BCUT2D eigenvalue weighted by atomic mass is 9.89. The van der Waals surface area contributed by atoms with Crippen molar-refractivity contribution < 1.29 is 33.6 Å². The summed E-state index contributed by atoms with van der Waals surface area (Å²) >= 11 is 0. The van der Waals surface area contributed by atoms with Crippen LogP contribution < -0.4 is 0 Å². The first-order valence-electron chi connectivity index (χ1n) is 14.7. The van der Waals surface area contributed by atoms with Gasteiger partial charge in [0.25, 0.3) is 5.92 Å². The number of aliphatic hydroxyl groups is 2. The van der Waals surface area contributed by atoms with E-state index < -0.39 is 36.1 Å². The Morgan fingerprint density at radius 2 is 1.73 bits per heavy atom. The summed E-state index contributed by atoms with van der Waals surface area (Å²) in [5.74, 6) is -5.19. The molecule has 2 aromatic carbocycles. The third-order valence-corrected chi connectivity index (χ3v) is 7.94. The highest BCUT2D eigenvalue weighted by atomic mass is 19.3. The van der Waals surface area contributed by atoms with Gasteiger partial charge in [-0.2, -0.15) is 0 Å². The second-order valence-electron chi connectivity index (χ2n) is 11.1. The summed E-state index contributed by atoms with van der Waals surface area (Å²) < 4.78 is 35.0. The van der Waals surface area contributed by atoms with E-state index >= 15 is 0 Å². The average Bonchev–Trinajstić information content (AvgIpc) is 3.27. The van der Waals surface area contributed by atoms with Gasteiger partial charge in [-0.1, -0.05) is 98.3 Å². The van der Waals surface area contributed by atoms with E-state index in [-0.39, 0.29) is 18.3 Å². The summed E-state index contributed by atoms with van der Waals surface area (Å²) in [7, 11) is 0. The van der Waals surface area contributed by atoms with Crippen LogP contribution in [-0.4, -0.2) is 45.5 Å². The summed E-state index contributed by atoms with van der Waals surface area (Å²) in [6.45, 7) is 2.16. The van der Waals surface area contributed by atoms with E-state index in [1.165, 1.54) is 0 Å². The van der Waals surface area contributed by atoms with E-state index in [0.717, 1.165) is 17.2 Å². The molecule has 1 aliphatic rings. The summed E-state index contributed by atoms with van der Waals surface area (Å²) in [5.41, 5.74) is 1.96. The molecule has 0 aromatic heterocycles. The second-order valence-corrected chi connectivity index (χ2v) is 11.1. The SMILES string of the molecule is CCCCC(F)(F)C(O)/C=C/[C@@H]1[C@@H](C/C=C\CCC(Cc2ccccc2)C(=O)O)[C@@H](O)C[C@H]1OCc1ccccc1. The van der Waals surface area contributed by atoms with Crippen molar-refractivity contribution in [2.75, 3.05) is 0 Å². The normalized spacial score (nSPS) is 22.9. The second kappa shape index (κ2) is 16.5. The number of hydrogen-bond donors (Lipinski definition) is 3. The number of carboxylic acids is 1. The number of carboxylic acid groups (broad SMARTS) is 1. The summed E-state index contributed by atoms with van der Waals surface area (Å²) in [6.07, 6.45) is 6.55. The Balaban J connectivity index is 1.64. The molecule has 0 saturated heterocycles. The minimum atomic E-state index is -3.22. The van der Waals surface area contributed by atoms with E-state index in [9.17, 15) is 28.9 Å². The van der Waals surface area contributed by atoms with Gasteiger partial charge in [0.2, 0.25) is 0 Å². The largest absolute Gasteiger partial charge is 0.481 e. The minimum absolute atomic E-state index is 0.278. The number of halogens is 2. The Bertz CT molecular complexity index is 1090. The van der Waals surface area contributed by atoms with Gasteiger partial charge in [0.05, 0.1) is 24.7 Å². The van der Waals surface area contributed by atoms with E-state index in [0.29, 0.717) is 51.6 Å². The highest BCUT2D eigenvalue weighted by Crippen LogP contribution is 2.39. The predicted molar refractivity (Wildman–Crippen MR) is 157 cm³/mol. The van der Waals surface area contributed by atoms with Gasteiger partial charge < -0.3 is 20.1 Å². The number of unbranched alkanes of at least 4 members (excludes halogenated alkanes) is 1. The summed E-state index contributed by atoms with van der Waals surface area (Å²) in [6, 6.07) is 19.2. The molecule has 3 N–H and O–H groups in total.